The molecule has 0 atom stereocenters. The van der Waals surface area contributed by atoms with Gasteiger partial charge in [0.2, 0.25) is 0 Å². The number of hydrogen-bond acceptors (Lipinski definition) is 3. The Kier molecular flexibility index (Phi) is 3.43. The molecule has 0 radical (unpaired) electrons. The molecule has 1 fully saturated rings. The van der Waals surface area contributed by atoms with E-state index in [4.69, 9.17) is 14.2 Å². The highest BCUT2D eigenvalue weighted by atomic mass is 16.7. The molecule has 1 saturated heterocycles. The van der Waals surface area contributed by atoms with E-state index in [9.17, 15) is 0 Å². The van der Waals surface area contributed by atoms with Crippen molar-refractivity contribution in [2.75, 3.05) is 26.6 Å². The monoisotopic (exact) mass is 144 g/mol. The standard InChI is InChI=1S/C7H12O3/c1-2-3-10-7-4-8-6-9-5-7/h2,7H,1,3-6H2. The van der Waals surface area contributed by atoms with E-state index in [0.717, 1.165) is 0 Å². The van der Waals surface area contributed by atoms with E-state index in [2.05, 4.69) is 6.58 Å². The van der Waals surface area contributed by atoms with Crippen molar-refractivity contribution in [3.8, 4) is 0 Å². The molecule has 0 aromatic heterocycles. The van der Waals surface area contributed by atoms with Crippen LogP contribution in [-0.4, -0.2) is 32.7 Å². The van der Waals surface area contributed by atoms with E-state index < -0.39 is 0 Å². The summed E-state index contributed by atoms with van der Waals surface area (Å²) in [5.41, 5.74) is 0. The lowest BCUT2D eigenvalue weighted by molar-refractivity contribution is -0.164. The molecule has 0 spiro atoms. The molecule has 0 aliphatic carbocycles. The van der Waals surface area contributed by atoms with Crippen molar-refractivity contribution in [2.45, 2.75) is 6.10 Å². The minimum Gasteiger partial charge on any atom is -0.369 e. The maximum absolute atomic E-state index is 5.26. The summed E-state index contributed by atoms with van der Waals surface area (Å²) in [5, 5.41) is 0. The van der Waals surface area contributed by atoms with Gasteiger partial charge in [-0.1, -0.05) is 6.08 Å². The van der Waals surface area contributed by atoms with Gasteiger partial charge in [0, 0.05) is 0 Å². The van der Waals surface area contributed by atoms with Crippen LogP contribution in [0.5, 0.6) is 0 Å². The fraction of sp³-hybridized carbons (Fsp3) is 0.714. The van der Waals surface area contributed by atoms with Gasteiger partial charge < -0.3 is 14.2 Å². The van der Waals surface area contributed by atoms with E-state index >= 15 is 0 Å². The van der Waals surface area contributed by atoms with E-state index in [1.807, 2.05) is 0 Å². The van der Waals surface area contributed by atoms with Crippen molar-refractivity contribution >= 4 is 0 Å². The lowest BCUT2D eigenvalue weighted by Crippen LogP contribution is -2.31. The first-order valence-corrected chi connectivity index (χ1v) is 3.31. The third-order valence-corrected chi connectivity index (χ3v) is 1.22. The molecule has 0 amide bonds. The van der Waals surface area contributed by atoms with Gasteiger partial charge in [-0.25, -0.2) is 0 Å². The first kappa shape index (κ1) is 7.72. The Morgan fingerprint density at radius 1 is 1.50 bits per heavy atom. The van der Waals surface area contributed by atoms with Crippen LogP contribution in [0.25, 0.3) is 0 Å². The van der Waals surface area contributed by atoms with Crippen LogP contribution >= 0.6 is 0 Å². The maximum atomic E-state index is 5.26. The SMILES string of the molecule is C=CCOC1COCOC1. The average Bonchev–Trinajstić information content (AvgIpc) is 2.03. The van der Waals surface area contributed by atoms with Crippen LogP contribution < -0.4 is 0 Å². The quantitative estimate of drug-likeness (QED) is 0.542. The molecule has 0 bridgehead atoms. The zero-order valence-corrected chi connectivity index (χ0v) is 5.91. The van der Waals surface area contributed by atoms with Crippen LogP contribution in [-0.2, 0) is 14.2 Å². The Morgan fingerprint density at radius 2 is 2.20 bits per heavy atom. The van der Waals surface area contributed by atoms with Crippen molar-refractivity contribution in [1.82, 2.24) is 0 Å². The van der Waals surface area contributed by atoms with Crippen molar-refractivity contribution in [3.05, 3.63) is 12.7 Å². The van der Waals surface area contributed by atoms with Crippen LogP contribution in [0.15, 0.2) is 12.7 Å². The summed E-state index contributed by atoms with van der Waals surface area (Å²) in [5.74, 6) is 0. The Hall–Kier alpha value is -0.380. The fourth-order valence-electron chi connectivity index (χ4n) is 0.767. The van der Waals surface area contributed by atoms with Gasteiger partial charge in [-0.2, -0.15) is 0 Å². The molecule has 1 heterocycles. The van der Waals surface area contributed by atoms with Crippen LogP contribution in [0.3, 0.4) is 0 Å². The molecular formula is C7H12O3. The molecule has 0 unspecified atom stereocenters. The van der Waals surface area contributed by atoms with Crippen LogP contribution in [0.2, 0.25) is 0 Å². The van der Waals surface area contributed by atoms with Crippen molar-refractivity contribution in [1.29, 1.82) is 0 Å². The Balaban J connectivity index is 2.07. The molecule has 3 nitrogen and oxygen atoms in total. The van der Waals surface area contributed by atoms with Gasteiger partial charge in [-0.05, 0) is 0 Å². The lowest BCUT2D eigenvalue weighted by atomic mass is 10.4. The Bertz CT molecular complexity index is 97.0. The zero-order chi connectivity index (χ0) is 7.23. The predicted molar refractivity (Wildman–Crippen MR) is 36.7 cm³/mol. The highest BCUT2D eigenvalue weighted by Gasteiger charge is 2.13. The van der Waals surface area contributed by atoms with Gasteiger partial charge in [0.05, 0.1) is 19.8 Å². The molecular weight excluding hydrogens is 132 g/mol. The summed E-state index contributed by atoms with van der Waals surface area (Å²) in [6.07, 6.45) is 1.81. The molecule has 1 aliphatic rings. The molecule has 10 heavy (non-hydrogen) atoms. The maximum Gasteiger partial charge on any atom is 0.146 e. The van der Waals surface area contributed by atoms with Gasteiger partial charge in [0.1, 0.15) is 12.9 Å². The highest BCUT2D eigenvalue weighted by Crippen LogP contribution is 2.00. The molecule has 0 aromatic rings. The zero-order valence-electron chi connectivity index (χ0n) is 5.91. The Morgan fingerprint density at radius 3 is 2.80 bits per heavy atom. The third-order valence-electron chi connectivity index (χ3n) is 1.22. The summed E-state index contributed by atoms with van der Waals surface area (Å²) < 4.78 is 15.3. The second-order valence-corrected chi connectivity index (χ2v) is 2.10. The van der Waals surface area contributed by atoms with E-state index in [1.54, 1.807) is 6.08 Å². The van der Waals surface area contributed by atoms with Crippen molar-refractivity contribution in [2.24, 2.45) is 0 Å². The molecule has 58 valence electrons. The highest BCUT2D eigenvalue weighted by molar-refractivity contribution is 4.67. The summed E-state index contributed by atoms with van der Waals surface area (Å²) >= 11 is 0. The minimum atomic E-state index is 0.0896. The summed E-state index contributed by atoms with van der Waals surface area (Å²) in [6, 6.07) is 0. The number of ether oxygens (including phenoxy) is 3. The molecule has 3 heteroatoms. The van der Waals surface area contributed by atoms with E-state index in [0.29, 0.717) is 26.6 Å². The van der Waals surface area contributed by atoms with Gasteiger partial charge in [-0.3, -0.25) is 0 Å². The molecule has 0 saturated carbocycles. The minimum absolute atomic E-state index is 0.0896. The van der Waals surface area contributed by atoms with Gasteiger partial charge >= 0.3 is 0 Å². The largest absolute Gasteiger partial charge is 0.369 e. The number of hydrogen-bond donors (Lipinski definition) is 0. The fourth-order valence-corrected chi connectivity index (χ4v) is 0.767. The normalized spacial score (nSPS) is 20.8. The molecule has 0 aromatic carbocycles. The van der Waals surface area contributed by atoms with Gasteiger partial charge in [-0.15, -0.1) is 6.58 Å². The first-order chi connectivity index (χ1) is 4.93. The van der Waals surface area contributed by atoms with Gasteiger partial charge in [0.25, 0.3) is 0 Å². The second kappa shape index (κ2) is 4.44. The van der Waals surface area contributed by atoms with Crippen molar-refractivity contribution < 1.29 is 14.2 Å². The van der Waals surface area contributed by atoms with Gasteiger partial charge in [0.15, 0.2) is 0 Å². The average molecular weight is 144 g/mol. The molecule has 1 aliphatic heterocycles. The third kappa shape index (κ3) is 2.47. The van der Waals surface area contributed by atoms with E-state index in [1.165, 1.54) is 0 Å². The first-order valence-electron chi connectivity index (χ1n) is 3.31. The summed E-state index contributed by atoms with van der Waals surface area (Å²) in [7, 11) is 0. The lowest BCUT2D eigenvalue weighted by Gasteiger charge is -2.21. The summed E-state index contributed by atoms with van der Waals surface area (Å²) in [4.78, 5) is 0. The van der Waals surface area contributed by atoms with Crippen LogP contribution in [0, 0.1) is 0 Å². The second-order valence-electron chi connectivity index (χ2n) is 2.10. The van der Waals surface area contributed by atoms with Crippen molar-refractivity contribution in [3.63, 3.8) is 0 Å². The smallest absolute Gasteiger partial charge is 0.146 e. The molecule has 0 N–H and O–H groups in total. The number of rotatable bonds is 3. The van der Waals surface area contributed by atoms with Crippen LogP contribution in [0.4, 0.5) is 0 Å². The predicted octanol–water partition coefficient (Wildman–Crippen LogP) is 0.562. The summed E-state index contributed by atoms with van der Waals surface area (Å²) in [6.45, 7) is 5.77. The molecule has 1 rings (SSSR count). The van der Waals surface area contributed by atoms with Crippen LogP contribution in [0.1, 0.15) is 0 Å². The Labute approximate surface area is 60.6 Å². The topological polar surface area (TPSA) is 27.7 Å². The van der Waals surface area contributed by atoms with E-state index in [-0.39, 0.29) is 6.10 Å².